The van der Waals surface area contributed by atoms with Crippen molar-refractivity contribution in [3.8, 4) is 0 Å². The van der Waals surface area contributed by atoms with Crippen LogP contribution in [0.3, 0.4) is 0 Å². The summed E-state index contributed by atoms with van der Waals surface area (Å²) < 4.78 is 40.5. The van der Waals surface area contributed by atoms with Crippen LogP contribution < -0.4 is 10.0 Å². The van der Waals surface area contributed by atoms with Gasteiger partial charge in [-0.15, -0.1) is 11.3 Å². The number of halogens is 1. The Labute approximate surface area is 127 Å². The second-order valence-electron chi connectivity index (χ2n) is 4.48. The number of benzene rings is 1. The van der Waals surface area contributed by atoms with Gasteiger partial charge in [-0.2, -0.15) is 0 Å². The molecule has 114 valence electrons. The zero-order valence-corrected chi connectivity index (χ0v) is 13.3. The van der Waals surface area contributed by atoms with E-state index in [1.807, 2.05) is 6.92 Å². The molecule has 0 aliphatic heterocycles. The SMILES string of the molecule is CNCc1ccc(S(=O)(=O)NCc2csc(C)n2)c(F)c1. The number of aromatic nitrogens is 1. The van der Waals surface area contributed by atoms with E-state index in [1.165, 1.54) is 23.5 Å². The summed E-state index contributed by atoms with van der Waals surface area (Å²) in [6, 6.07) is 4.08. The first-order chi connectivity index (χ1) is 9.92. The molecule has 1 aromatic carbocycles. The maximum absolute atomic E-state index is 13.9. The van der Waals surface area contributed by atoms with Crippen molar-refractivity contribution in [2.24, 2.45) is 0 Å². The molecular weight excluding hydrogens is 313 g/mol. The quantitative estimate of drug-likeness (QED) is 0.847. The van der Waals surface area contributed by atoms with Crippen molar-refractivity contribution in [3.05, 3.63) is 45.7 Å². The number of hydrogen-bond donors (Lipinski definition) is 2. The Balaban J connectivity index is 2.15. The van der Waals surface area contributed by atoms with E-state index in [4.69, 9.17) is 0 Å². The van der Waals surface area contributed by atoms with Gasteiger partial charge in [-0.1, -0.05) is 6.07 Å². The molecule has 0 saturated heterocycles. The fourth-order valence-corrected chi connectivity index (χ4v) is 3.48. The molecule has 2 N–H and O–H groups in total. The average Bonchev–Trinajstić information content (AvgIpc) is 2.83. The highest BCUT2D eigenvalue weighted by molar-refractivity contribution is 7.89. The van der Waals surface area contributed by atoms with E-state index >= 15 is 0 Å². The molecule has 5 nitrogen and oxygen atoms in total. The van der Waals surface area contributed by atoms with Gasteiger partial charge in [0, 0.05) is 11.9 Å². The van der Waals surface area contributed by atoms with Crippen LogP contribution in [0.4, 0.5) is 4.39 Å². The van der Waals surface area contributed by atoms with Gasteiger partial charge in [-0.25, -0.2) is 22.5 Å². The van der Waals surface area contributed by atoms with Gasteiger partial charge < -0.3 is 5.32 Å². The van der Waals surface area contributed by atoms with E-state index in [-0.39, 0.29) is 11.4 Å². The van der Waals surface area contributed by atoms with E-state index in [1.54, 1.807) is 18.5 Å². The van der Waals surface area contributed by atoms with Gasteiger partial charge in [-0.05, 0) is 31.7 Å². The van der Waals surface area contributed by atoms with Crippen LogP contribution in [0, 0.1) is 12.7 Å². The van der Waals surface area contributed by atoms with Crippen LogP contribution >= 0.6 is 11.3 Å². The summed E-state index contributed by atoms with van der Waals surface area (Å²) in [5.41, 5.74) is 1.30. The molecule has 0 saturated carbocycles. The number of sulfonamides is 1. The molecule has 0 aliphatic carbocycles. The standard InChI is InChI=1S/C13H16FN3O2S2/c1-9-17-11(8-20-9)7-16-21(18,19)13-4-3-10(6-15-2)5-12(13)14/h3-5,8,15-16H,6-7H2,1-2H3. The number of nitrogens with zero attached hydrogens (tertiary/aromatic N) is 1. The maximum Gasteiger partial charge on any atom is 0.243 e. The first-order valence-electron chi connectivity index (χ1n) is 6.26. The third kappa shape index (κ3) is 4.07. The van der Waals surface area contributed by atoms with Gasteiger partial charge in [-0.3, -0.25) is 0 Å². The summed E-state index contributed by atoms with van der Waals surface area (Å²) in [6.45, 7) is 2.36. The van der Waals surface area contributed by atoms with Gasteiger partial charge in [0.15, 0.2) is 0 Å². The Morgan fingerprint density at radius 3 is 2.67 bits per heavy atom. The highest BCUT2D eigenvalue weighted by atomic mass is 32.2. The minimum absolute atomic E-state index is 0.0460. The predicted molar refractivity (Wildman–Crippen MR) is 80.0 cm³/mol. The fraction of sp³-hybridized carbons (Fsp3) is 0.308. The largest absolute Gasteiger partial charge is 0.316 e. The van der Waals surface area contributed by atoms with E-state index in [9.17, 15) is 12.8 Å². The molecule has 2 aromatic rings. The highest BCUT2D eigenvalue weighted by Gasteiger charge is 2.19. The zero-order valence-electron chi connectivity index (χ0n) is 11.7. The zero-order chi connectivity index (χ0) is 15.5. The van der Waals surface area contributed by atoms with Gasteiger partial charge in [0.05, 0.1) is 17.2 Å². The van der Waals surface area contributed by atoms with Gasteiger partial charge in [0.2, 0.25) is 10.0 Å². The Bertz CT molecular complexity index is 729. The second kappa shape index (κ2) is 6.61. The second-order valence-corrected chi connectivity index (χ2v) is 7.28. The molecule has 1 heterocycles. The topological polar surface area (TPSA) is 71.1 Å². The Morgan fingerprint density at radius 1 is 1.33 bits per heavy atom. The third-order valence-electron chi connectivity index (χ3n) is 2.78. The molecule has 0 amide bonds. The molecule has 0 unspecified atom stereocenters. The van der Waals surface area contributed by atoms with Crippen LogP contribution in [0.2, 0.25) is 0 Å². The minimum atomic E-state index is -3.89. The van der Waals surface area contributed by atoms with E-state index in [2.05, 4.69) is 15.0 Å². The lowest BCUT2D eigenvalue weighted by Gasteiger charge is -2.08. The lowest BCUT2D eigenvalue weighted by molar-refractivity contribution is 0.555. The van der Waals surface area contributed by atoms with E-state index < -0.39 is 15.8 Å². The van der Waals surface area contributed by atoms with Crippen molar-refractivity contribution in [2.75, 3.05) is 7.05 Å². The van der Waals surface area contributed by atoms with Crippen molar-refractivity contribution in [2.45, 2.75) is 24.9 Å². The summed E-state index contributed by atoms with van der Waals surface area (Å²) in [6.07, 6.45) is 0. The summed E-state index contributed by atoms with van der Waals surface area (Å²) in [4.78, 5) is 3.81. The number of rotatable bonds is 6. The van der Waals surface area contributed by atoms with Crippen LogP contribution in [0.5, 0.6) is 0 Å². The summed E-state index contributed by atoms with van der Waals surface area (Å²) in [5.74, 6) is -0.760. The maximum atomic E-state index is 13.9. The minimum Gasteiger partial charge on any atom is -0.316 e. The van der Waals surface area contributed by atoms with Crippen LogP contribution in [0.1, 0.15) is 16.3 Å². The number of nitrogens with one attached hydrogen (secondary N) is 2. The third-order valence-corrected chi connectivity index (χ3v) is 5.03. The highest BCUT2D eigenvalue weighted by Crippen LogP contribution is 2.17. The van der Waals surface area contributed by atoms with Crippen molar-refractivity contribution in [1.29, 1.82) is 0 Å². The molecule has 8 heteroatoms. The Morgan fingerprint density at radius 2 is 2.10 bits per heavy atom. The predicted octanol–water partition coefficient (Wildman–Crippen LogP) is 1.79. The monoisotopic (exact) mass is 329 g/mol. The molecule has 21 heavy (non-hydrogen) atoms. The van der Waals surface area contributed by atoms with Crippen LogP contribution in [0.25, 0.3) is 0 Å². The van der Waals surface area contributed by atoms with E-state index in [0.717, 1.165) is 5.01 Å². The van der Waals surface area contributed by atoms with Crippen molar-refractivity contribution in [1.82, 2.24) is 15.0 Å². The number of hydrogen-bond acceptors (Lipinski definition) is 5. The van der Waals surface area contributed by atoms with Gasteiger partial charge in [0.25, 0.3) is 0 Å². The average molecular weight is 329 g/mol. The summed E-state index contributed by atoms with van der Waals surface area (Å²) in [7, 11) is -2.16. The molecule has 0 radical (unpaired) electrons. The smallest absolute Gasteiger partial charge is 0.243 e. The van der Waals surface area contributed by atoms with Crippen LogP contribution in [0.15, 0.2) is 28.5 Å². The molecule has 2 rings (SSSR count). The van der Waals surface area contributed by atoms with E-state index in [0.29, 0.717) is 17.8 Å². The molecule has 1 aromatic heterocycles. The molecule has 0 aliphatic rings. The van der Waals surface area contributed by atoms with Crippen LogP contribution in [-0.2, 0) is 23.1 Å². The van der Waals surface area contributed by atoms with Crippen molar-refractivity contribution < 1.29 is 12.8 Å². The fourth-order valence-electron chi connectivity index (χ4n) is 1.81. The lowest BCUT2D eigenvalue weighted by atomic mass is 10.2. The Kier molecular flexibility index (Phi) is 5.04. The number of aryl methyl sites for hydroxylation is 1. The van der Waals surface area contributed by atoms with Crippen LogP contribution in [-0.4, -0.2) is 20.4 Å². The first-order valence-corrected chi connectivity index (χ1v) is 8.62. The molecule has 0 fully saturated rings. The summed E-state index contributed by atoms with van der Waals surface area (Å²) in [5, 5.41) is 5.50. The molecule has 0 bridgehead atoms. The van der Waals surface area contributed by atoms with Gasteiger partial charge in [0.1, 0.15) is 10.7 Å². The van der Waals surface area contributed by atoms with Crippen molar-refractivity contribution in [3.63, 3.8) is 0 Å². The lowest BCUT2D eigenvalue weighted by Crippen LogP contribution is -2.24. The molecule has 0 spiro atoms. The molecule has 0 atom stereocenters. The number of thiazole rings is 1. The van der Waals surface area contributed by atoms with Gasteiger partial charge >= 0.3 is 0 Å². The van der Waals surface area contributed by atoms with Crippen molar-refractivity contribution >= 4 is 21.4 Å². The Hall–Kier alpha value is -1.35. The molecular formula is C13H16FN3O2S2. The summed E-state index contributed by atoms with van der Waals surface area (Å²) >= 11 is 1.43. The normalized spacial score (nSPS) is 11.8. The first kappa shape index (κ1) is 16.0.